The fourth-order valence-electron chi connectivity index (χ4n) is 0.253. The summed E-state index contributed by atoms with van der Waals surface area (Å²) in [6.45, 7) is 0. The lowest BCUT2D eigenvalue weighted by molar-refractivity contribution is 1.17. The highest BCUT2D eigenvalue weighted by molar-refractivity contribution is 4.74. The predicted molar refractivity (Wildman–Crippen MR) is 30.4 cm³/mol. The maximum atomic E-state index is 4.00. The Kier molecular flexibility index (Phi) is 5.25. The second kappa shape index (κ2) is 6.00. The third-order valence-electron chi connectivity index (χ3n) is 0.478. The molecule has 8 heavy (non-hydrogen) atoms. The van der Waals surface area contributed by atoms with Gasteiger partial charge in [-0.15, -0.1) is 0 Å². The van der Waals surface area contributed by atoms with E-state index in [2.05, 4.69) is 21.7 Å². The summed E-state index contributed by atoms with van der Waals surface area (Å²) in [7, 11) is 0. The quantitative estimate of drug-likeness (QED) is 0.343. The van der Waals surface area contributed by atoms with E-state index in [1.165, 1.54) is 6.33 Å². The van der Waals surface area contributed by atoms with E-state index in [1.807, 2.05) is 0 Å². The zero-order valence-corrected chi connectivity index (χ0v) is 4.36. The topological polar surface area (TPSA) is 77.8 Å². The zero-order chi connectivity index (χ0) is 6.24. The van der Waals surface area contributed by atoms with E-state index in [1.54, 1.807) is 18.5 Å². The van der Waals surface area contributed by atoms with Gasteiger partial charge in [0.05, 0.1) is 0 Å². The molecule has 4 nitrogen and oxygen atoms in total. The van der Waals surface area contributed by atoms with E-state index < -0.39 is 0 Å². The minimum Gasteiger partial charge on any atom is -0.274 e. The Morgan fingerprint density at radius 2 is 1.50 bits per heavy atom. The van der Waals surface area contributed by atoms with E-state index in [4.69, 9.17) is 0 Å². The van der Waals surface area contributed by atoms with Crippen LogP contribution in [0.25, 0.3) is 0 Å². The van der Waals surface area contributed by atoms with Gasteiger partial charge in [-0.2, -0.15) is 0 Å². The standard InChI is InChI=1S/C4H4N2.H4N2/c1-2-5-4-6-3-1;1-2/h1-4H;1-2H2. The average Bonchev–Trinajstić information content (AvgIpc) is 1.96. The van der Waals surface area contributed by atoms with Gasteiger partial charge in [0.15, 0.2) is 0 Å². The summed E-state index contributed by atoms with van der Waals surface area (Å²) in [5, 5.41) is 0. The summed E-state index contributed by atoms with van der Waals surface area (Å²) in [5.41, 5.74) is 0. The molecule has 1 aromatic heterocycles. The summed E-state index contributed by atoms with van der Waals surface area (Å²) in [5.74, 6) is 8.00. The number of nitrogens with zero attached hydrogens (tertiary/aromatic N) is 2. The highest BCUT2D eigenvalue weighted by Gasteiger charge is 1.59. The predicted octanol–water partition coefficient (Wildman–Crippen LogP) is -0.705. The molecular weight excluding hydrogens is 104 g/mol. The molecule has 0 aliphatic heterocycles. The van der Waals surface area contributed by atoms with E-state index in [0.717, 1.165) is 0 Å². The van der Waals surface area contributed by atoms with Crippen molar-refractivity contribution in [3.05, 3.63) is 24.8 Å². The van der Waals surface area contributed by atoms with Gasteiger partial charge in [-0.25, -0.2) is 9.97 Å². The van der Waals surface area contributed by atoms with Gasteiger partial charge < -0.3 is 0 Å². The van der Waals surface area contributed by atoms with E-state index >= 15 is 0 Å². The van der Waals surface area contributed by atoms with Gasteiger partial charge in [-0.1, -0.05) is 0 Å². The highest BCUT2D eigenvalue weighted by atomic mass is 15.0. The van der Waals surface area contributed by atoms with Crippen molar-refractivity contribution in [3.63, 3.8) is 0 Å². The number of rotatable bonds is 0. The highest BCUT2D eigenvalue weighted by Crippen LogP contribution is 1.66. The normalized spacial score (nSPS) is 6.75. The van der Waals surface area contributed by atoms with Crippen LogP contribution < -0.4 is 11.7 Å². The molecule has 0 aliphatic carbocycles. The summed E-state index contributed by atoms with van der Waals surface area (Å²) >= 11 is 0. The first-order chi connectivity index (χ1) is 4.00. The molecule has 0 saturated heterocycles. The number of aromatic nitrogens is 2. The second-order valence-electron chi connectivity index (χ2n) is 0.904. The van der Waals surface area contributed by atoms with Gasteiger partial charge in [0.2, 0.25) is 0 Å². The van der Waals surface area contributed by atoms with Crippen LogP contribution >= 0.6 is 0 Å². The fraction of sp³-hybridized carbons (Fsp3) is 0. The van der Waals surface area contributed by atoms with Crippen LogP contribution in [0.1, 0.15) is 0 Å². The lowest BCUT2D eigenvalue weighted by Gasteiger charge is -1.70. The van der Waals surface area contributed by atoms with E-state index in [9.17, 15) is 0 Å². The van der Waals surface area contributed by atoms with Crippen molar-refractivity contribution in [2.24, 2.45) is 11.7 Å². The SMILES string of the molecule is NN.c1cncnc1. The Hall–Kier alpha value is -1.00. The monoisotopic (exact) mass is 112 g/mol. The molecule has 0 atom stereocenters. The molecule has 0 unspecified atom stereocenters. The Labute approximate surface area is 47.5 Å². The Balaban J connectivity index is 0.000000222. The average molecular weight is 112 g/mol. The van der Waals surface area contributed by atoms with Gasteiger partial charge in [-0.05, 0) is 6.07 Å². The number of hydrogen-bond donors (Lipinski definition) is 2. The molecule has 1 aromatic rings. The molecule has 0 aliphatic rings. The van der Waals surface area contributed by atoms with Gasteiger partial charge in [0, 0.05) is 12.4 Å². The molecule has 0 spiro atoms. The van der Waals surface area contributed by atoms with Crippen molar-refractivity contribution >= 4 is 0 Å². The van der Waals surface area contributed by atoms with Crippen LogP contribution in [-0.2, 0) is 0 Å². The van der Waals surface area contributed by atoms with Crippen LogP contribution in [-0.4, -0.2) is 9.97 Å². The van der Waals surface area contributed by atoms with Crippen LogP contribution in [0, 0.1) is 0 Å². The molecule has 1 heterocycles. The van der Waals surface area contributed by atoms with Crippen molar-refractivity contribution in [1.29, 1.82) is 0 Å². The maximum absolute atomic E-state index is 4.00. The summed E-state index contributed by atoms with van der Waals surface area (Å²) in [6, 6.07) is 1.78. The minimum absolute atomic E-state index is 1.50. The summed E-state index contributed by atoms with van der Waals surface area (Å²) in [4.78, 5) is 7.35. The van der Waals surface area contributed by atoms with Crippen LogP contribution in [0.2, 0.25) is 0 Å². The third kappa shape index (κ3) is 3.20. The smallest absolute Gasteiger partial charge is 0.115 e. The lowest BCUT2D eigenvalue weighted by Crippen LogP contribution is -2.02. The van der Waals surface area contributed by atoms with Crippen molar-refractivity contribution < 1.29 is 0 Å². The van der Waals surface area contributed by atoms with Crippen LogP contribution in [0.4, 0.5) is 0 Å². The zero-order valence-electron chi connectivity index (χ0n) is 4.36. The molecular formula is C4H8N4. The van der Waals surface area contributed by atoms with E-state index in [-0.39, 0.29) is 0 Å². The van der Waals surface area contributed by atoms with Crippen molar-refractivity contribution in [1.82, 2.24) is 9.97 Å². The molecule has 0 fully saturated rings. The molecule has 0 radical (unpaired) electrons. The van der Waals surface area contributed by atoms with Crippen LogP contribution in [0.3, 0.4) is 0 Å². The van der Waals surface area contributed by atoms with Crippen LogP contribution in [0.5, 0.6) is 0 Å². The van der Waals surface area contributed by atoms with Crippen molar-refractivity contribution in [2.75, 3.05) is 0 Å². The van der Waals surface area contributed by atoms with Crippen molar-refractivity contribution in [2.45, 2.75) is 0 Å². The molecule has 0 aromatic carbocycles. The molecule has 0 bridgehead atoms. The Morgan fingerprint density at radius 1 is 1.00 bits per heavy atom. The molecule has 4 heteroatoms. The van der Waals surface area contributed by atoms with E-state index in [0.29, 0.717) is 0 Å². The Bertz CT molecular complexity index is 80.0. The van der Waals surface area contributed by atoms with Gasteiger partial charge in [0.25, 0.3) is 0 Å². The number of hydrazine groups is 1. The molecule has 0 saturated carbocycles. The molecule has 0 amide bonds. The summed E-state index contributed by atoms with van der Waals surface area (Å²) < 4.78 is 0. The number of nitrogens with two attached hydrogens (primary N) is 2. The third-order valence-corrected chi connectivity index (χ3v) is 0.478. The molecule has 44 valence electrons. The van der Waals surface area contributed by atoms with Gasteiger partial charge in [0.1, 0.15) is 6.33 Å². The first kappa shape index (κ1) is 7.00. The lowest BCUT2D eigenvalue weighted by atomic mass is 10.7. The van der Waals surface area contributed by atoms with Gasteiger partial charge >= 0.3 is 0 Å². The molecule has 1 rings (SSSR count). The Morgan fingerprint density at radius 3 is 1.62 bits per heavy atom. The maximum Gasteiger partial charge on any atom is 0.115 e. The molecule has 4 N–H and O–H groups in total. The second-order valence-corrected chi connectivity index (χ2v) is 0.904. The van der Waals surface area contributed by atoms with Crippen molar-refractivity contribution in [3.8, 4) is 0 Å². The minimum atomic E-state index is 1.50. The fourth-order valence-corrected chi connectivity index (χ4v) is 0.253. The first-order valence-corrected chi connectivity index (χ1v) is 2.03. The largest absolute Gasteiger partial charge is 0.274 e. The van der Waals surface area contributed by atoms with Crippen LogP contribution in [0.15, 0.2) is 24.8 Å². The number of hydrogen-bond acceptors (Lipinski definition) is 4. The first-order valence-electron chi connectivity index (χ1n) is 2.03. The van der Waals surface area contributed by atoms with Gasteiger partial charge in [-0.3, -0.25) is 11.7 Å². The summed E-state index contributed by atoms with van der Waals surface area (Å²) in [6.07, 6.45) is 4.88.